The van der Waals surface area contributed by atoms with Gasteiger partial charge in [-0.3, -0.25) is 4.79 Å². The molecule has 1 amide bonds. The highest BCUT2D eigenvalue weighted by molar-refractivity contribution is 7.89. The summed E-state index contributed by atoms with van der Waals surface area (Å²) >= 11 is 0. The van der Waals surface area contributed by atoms with E-state index in [1.807, 2.05) is 12.1 Å². The molecule has 0 aliphatic carbocycles. The number of anilines is 1. The Labute approximate surface area is 168 Å². The molecule has 146 valence electrons. The van der Waals surface area contributed by atoms with Crippen molar-refractivity contribution in [2.75, 3.05) is 5.32 Å². The topological polar surface area (TPSA) is 112 Å². The van der Waals surface area contributed by atoms with Gasteiger partial charge in [-0.05, 0) is 42.0 Å². The number of hydrogen-bond acceptors (Lipinski definition) is 5. The molecular formula is C21H17N3O4S. The van der Waals surface area contributed by atoms with Crippen LogP contribution in [0, 0.1) is 11.3 Å². The smallest absolute Gasteiger partial charge is 0.266 e. The molecule has 0 saturated carbocycles. The summed E-state index contributed by atoms with van der Waals surface area (Å²) < 4.78 is 32.5. The second-order valence-corrected chi connectivity index (χ2v) is 7.73. The lowest BCUT2D eigenvalue weighted by molar-refractivity contribution is -0.112. The Morgan fingerprint density at radius 3 is 2.55 bits per heavy atom. The van der Waals surface area contributed by atoms with Crippen molar-refractivity contribution in [2.45, 2.75) is 11.4 Å². The highest BCUT2D eigenvalue weighted by Crippen LogP contribution is 2.17. The van der Waals surface area contributed by atoms with Crippen LogP contribution in [0.25, 0.3) is 6.08 Å². The molecule has 2 aromatic carbocycles. The molecule has 1 heterocycles. The number of rotatable bonds is 7. The molecule has 3 aromatic rings. The molecule has 0 aliphatic heterocycles. The van der Waals surface area contributed by atoms with Gasteiger partial charge >= 0.3 is 0 Å². The zero-order valence-corrected chi connectivity index (χ0v) is 16.0. The van der Waals surface area contributed by atoms with E-state index in [2.05, 4.69) is 10.0 Å². The van der Waals surface area contributed by atoms with Gasteiger partial charge in [0.25, 0.3) is 5.91 Å². The average molecular weight is 407 g/mol. The van der Waals surface area contributed by atoms with Gasteiger partial charge in [-0.25, -0.2) is 13.1 Å². The van der Waals surface area contributed by atoms with E-state index in [-0.39, 0.29) is 22.7 Å². The number of carbonyl (C=O) groups is 1. The number of amides is 1. The largest absolute Gasteiger partial charge is 0.468 e. The summed E-state index contributed by atoms with van der Waals surface area (Å²) in [6.07, 6.45) is 2.91. The third kappa shape index (κ3) is 5.42. The van der Waals surface area contributed by atoms with Crippen LogP contribution < -0.4 is 10.0 Å². The lowest BCUT2D eigenvalue weighted by atomic mass is 10.1. The SMILES string of the molecule is N#C/C(=C\c1ccccc1)C(=O)Nc1cccc(S(=O)(=O)NCc2ccco2)c1. The van der Waals surface area contributed by atoms with Crippen molar-refractivity contribution in [3.63, 3.8) is 0 Å². The maximum Gasteiger partial charge on any atom is 0.266 e. The van der Waals surface area contributed by atoms with Gasteiger partial charge in [-0.2, -0.15) is 5.26 Å². The van der Waals surface area contributed by atoms with Gasteiger partial charge < -0.3 is 9.73 Å². The minimum absolute atomic E-state index is 0.00428. The molecule has 0 aliphatic rings. The van der Waals surface area contributed by atoms with Gasteiger partial charge in [-0.15, -0.1) is 0 Å². The van der Waals surface area contributed by atoms with Crippen LogP contribution in [-0.4, -0.2) is 14.3 Å². The second-order valence-electron chi connectivity index (χ2n) is 5.97. The van der Waals surface area contributed by atoms with Crippen molar-refractivity contribution in [1.82, 2.24) is 4.72 Å². The molecule has 0 saturated heterocycles. The Kier molecular flexibility index (Phi) is 6.24. The number of carbonyl (C=O) groups excluding carboxylic acids is 1. The first-order valence-corrected chi connectivity index (χ1v) is 10.1. The molecule has 29 heavy (non-hydrogen) atoms. The fourth-order valence-corrected chi connectivity index (χ4v) is 3.51. The van der Waals surface area contributed by atoms with Crippen LogP contribution in [0.4, 0.5) is 5.69 Å². The van der Waals surface area contributed by atoms with Crippen LogP contribution in [0.2, 0.25) is 0 Å². The minimum Gasteiger partial charge on any atom is -0.468 e. The van der Waals surface area contributed by atoms with E-state index in [1.54, 1.807) is 42.5 Å². The van der Waals surface area contributed by atoms with Crippen molar-refractivity contribution in [3.8, 4) is 6.07 Å². The zero-order chi connectivity index (χ0) is 20.7. The van der Waals surface area contributed by atoms with E-state index in [0.29, 0.717) is 11.3 Å². The van der Waals surface area contributed by atoms with E-state index < -0.39 is 15.9 Å². The predicted octanol–water partition coefficient (Wildman–Crippen LogP) is 3.30. The first-order valence-electron chi connectivity index (χ1n) is 8.58. The first kappa shape index (κ1) is 20.1. The molecule has 3 rings (SSSR count). The predicted molar refractivity (Wildman–Crippen MR) is 108 cm³/mol. The molecule has 0 spiro atoms. The number of furan rings is 1. The van der Waals surface area contributed by atoms with Crippen molar-refractivity contribution >= 4 is 27.7 Å². The summed E-state index contributed by atoms with van der Waals surface area (Å²) in [6, 6.07) is 19.9. The first-order chi connectivity index (χ1) is 14.0. The molecule has 0 radical (unpaired) electrons. The summed E-state index contributed by atoms with van der Waals surface area (Å²) in [4.78, 5) is 12.4. The maximum atomic E-state index is 12.5. The summed E-state index contributed by atoms with van der Waals surface area (Å²) in [5, 5.41) is 11.8. The van der Waals surface area contributed by atoms with Crippen molar-refractivity contribution in [3.05, 3.63) is 89.9 Å². The third-order valence-corrected chi connectivity index (χ3v) is 5.29. The van der Waals surface area contributed by atoms with E-state index in [0.717, 1.165) is 0 Å². The number of benzene rings is 2. The van der Waals surface area contributed by atoms with Crippen molar-refractivity contribution in [2.24, 2.45) is 0 Å². The molecular weight excluding hydrogens is 390 g/mol. The Bertz CT molecular complexity index is 1160. The molecule has 0 unspecified atom stereocenters. The maximum absolute atomic E-state index is 12.5. The van der Waals surface area contributed by atoms with E-state index >= 15 is 0 Å². The van der Waals surface area contributed by atoms with Gasteiger partial charge in [0.05, 0.1) is 17.7 Å². The van der Waals surface area contributed by atoms with Crippen molar-refractivity contribution < 1.29 is 17.6 Å². The summed E-state index contributed by atoms with van der Waals surface area (Å²) in [5.74, 6) is -0.155. The summed E-state index contributed by atoms with van der Waals surface area (Å²) in [6.45, 7) is 0.00428. The summed E-state index contributed by atoms with van der Waals surface area (Å²) in [7, 11) is -3.81. The molecule has 1 aromatic heterocycles. The van der Waals surface area contributed by atoms with Gasteiger partial charge in [-0.1, -0.05) is 36.4 Å². The van der Waals surface area contributed by atoms with Crippen molar-refractivity contribution in [1.29, 1.82) is 5.26 Å². The van der Waals surface area contributed by atoms with E-state index in [1.165, 1.54) is 30.5 Å². The highest BCUT2D eigenvalue weighted by atomic mass is 32.2. The lowest BCUT2D eigenvalue weighted by Gasteiger charge is -2.09. The highest BCUT2D eigenvalue weighted by Gasteiger charge is 2.16. The van der Waals surface area contributed by atoms with Crippen LogP contribution in [0.3, 0.4) is 0 Å². The molecule has 7 nitrogen and oxygen atoms in total. The van der Waals surface area contributed by atoms with Crippen LogP contribution in [-0.2, 0) is 21.4 Å². The standard InChI is InChI=1S/C21H17N3O4S/c22-14-17(12-16-6-2-1-3-7-16)21(25)24-18-8-4-10-20(13-18)29(26,27)23-15-19-9-5-11-28-19/h1-13,23H,15H2,(H,24,25)/b17-12+. The Balaban J connectivity index is 1.74. The van der Waals surface area contributed by atoms with Gasteiger partial charge in [0.15, 0.2) is 0 Å². The Hall–Kier alpha value is -3.67. The Morgan fingerprint density at radius 2 is 1.86 bits per heavy atom. The number of nitrogens with one attached hydrogen (secondary N) is 2. The van der Waals surface area contributed by atoms with E-state index in [4.69, 9.17) is 4.42 Å². The fraction of sp³-hybridized carbons (Fsp3) is 0.0476. The number of sulfonamides is 1. The zero-order valence-electron chi connectivity index (χ0n) is 15.2. The van der Waals surface area contributed by atoms with Crippen LogP contribution >= 0.6 is 0 Å². The Morgan fingerprint density at radius 1 is 1.07 bits per heavy atom. The van der Waals surface area contributed by atoms with Gasteiger partial charge in [0, 0.05) is 5.69 Å². The lowest BCUT2D eigenvalue weighted by Crippen LogP contribution is -2.23. The molecule has 8 heteroatoms. The quantitative estimate of drug-likeness (QED) is 0.461. The third-order valence-electron chi connectivity index (χ3n) is 3.89. The van der Waals surface area contributed by atoms with Crippen LogP contribution in [0.1, 0.15) is 11.3 Å². The fourth-order valence-electron chi connectivity index (χ4n) is 2.47. The van der Waals surface area contributed by atoms with Gasteiger partial charge in [0.1, 0.15) is 17.4 Å². The average Bonchev–Trinajstić information content (AvgIpc) is 3.25. The normalized spacial score (nSPS) is 11.6. The van der Waals surface area contributed by atoms with Crippen LogP contribution in [0.5, 0.6) is 0 Å². The summed E-state index contributed by atoms with van der Waals surface area (Å²) in [5.41, 5.74) is 0.864. The molecule has 0 bridgehead atoms. The monoisotopic (exact) mass is 407 g/mol. The number of nitrogens with zero attached hydrogens (tertiary/aromatic N) is 1. The molecule has 2 N–H and O–H groups in total. The van der Waals surface area contributed by atoms with Gasteiger partial charge in [0.2, 0.25) is 10.0 Å². The van der Waals surface area contributed by atoms with E-state index in [9.17, 15) is 18.5 Å². The number of nitriles is 1. The number of hydrogen-bond donors (Lipinski definition) is 2. The second kappa shape index (κ2) is 9.01. The molecule has 0 atom stereocenters. The minimum atomic E-state index is -3.81. The van der Waals surface area contributed by atoms with Crippen LogP contribution in [0.15, 0.2) is 87.9 Å². The molecule has 0 fully saturated rings.